The van der Waals surface area contributed by atoms with Crippen molar-refractivity contribution in [2.75, 3.05) is 6.61 Å². The molecule has 0 aromatic rings. The van der Waals surface area contributed by atoms with Crippen molar-refractivity contribution in [3.63, 3.8) is 0 Å². The molecule has 5 nitrogen and oxygen atoms in total. The van der Waals surface area contributed by atoms with Gasteiger partial charge in [-0.25, -0.2) is 4.79 Å². The fourth-order valence-corrected chi connectivity index (χ4v) is 4.33. The third-order valence-corrected chi connectivity index (χ3v) is 15.0. The number of hydrogen-bond acceptors (Lipinski definition) is 4. The molecule has 0 spiro atoms. The van der Waals surface area contributed by atoms with E-state index in [0.29, 0.717) is 6.61 Å². The van der Waals surface area contributed by atoms with Crippen molar-refractivity contribution in [2.24, 2.45) is 0 Å². The van der Waals surface area contributed by atoms with E-state index in [2.05, 4.69) is 79.6 Å². The van der Waals surface area contributed by atoms with E-state index < -0.39 is 28.3 Å². The highest BCUT2D eigenvalue weighted by molar-refractivity contribution is 6.74. The Morgan fingerprint density at radius 2 is 1.38 bits per heavy atom. The maximum absolute atomic E-state index is 12.5. The maximum Gasteiger partial charge on any atom is 0.408 e. The first kappa shape index (κ1) is 28.4. The second kappa shape index (κ2) is 9.66. The number of carbonyl (C=O) groups is 1. The first-order chi connectivity index (χ1) is 12.6. The first-order valence-electron chi connectivity index (χ1n) is 10.6. The van der Waals surface area contributed by atoms with Gasteiger partial charge in [0.25, 0.3) is 0 Å². The van der Waals surface area contributed by atoms with Crippen LogP contribution in [0.4, 0.5) is 4.79 Å². The maximum atomic E-state index is 12.5. The summed E-state index contributed by atoms with van der Waals surface area (Å²) in [4.78, 5) is 12.5. The zero-order chi connectivity index (χ0) is 23.5. The summed E-state index contributed by atoms with van der Waals surface area (Å²) in [5, 5.41) is 3.11. The van der Waals surface area contributed by atoms with E-state index in [1.165, 1.54) is 0 Å². The Kier molecular flexibility index (Phi) is 9.45. The Morgan fingerprint density at radius 3 is 1.72 bits per heavy atom. The molecule has 0 saturated heterocycles. The largest absolute Gasteiger partial charge is 0.444 e. The summed E-state index contributed by atoms with van der Waals surface area (Å²) < 4.78 is 18.5. The molecule has 7 heteroatoms. The van der Waals surface area contributed by atoms with Crippen LogP contribution in [0.25, 0.3) is 0 Å². The van der Waals surface area contributed by atoms with Crippen molar-refractivity contribution in [1.82, 2.24) is 5.32 Å². The summed E-state index contributed by atoms with van der Waals surface area (Å²) in [5.41, 5.74) is -0.571. The highest BCUT2D eigenvalue weighted by atomic mass is 28.4. The number of ether oxygens (including phenoxy) is 1. The molecule has 0 saturated carbocycles. The number of hydrogen-bond donors (Lipinski definition) is 1. The van der Waals surface area contributed by atoms with Gasteiger partial charge in [0.1, 0.15) is 5.60 Å². The Morgan fingerprint density at radius 1 is 0.931 bits per heavy atom. The van der Waals surface area contributed by atoms with Crippen molar-refractivity contribution in [1.29, 1.82) is 0 Å². The molecule has 0 bridgehead atoms. The van der Waals surface area contributed by atoms with Gasteiger partial charge >= 0.3 is 6.09 Å². The lowest BCUT2D eigenvalue weighted by Crippen LogP contribution is -2.55. The number of nitrogens with one attached hydrogen (secondary N) is 1. The second-order valence-electron chi connectivity index (χ2n) is 11.9. The molecule has 0 fully saturated rings. The fourth-order valence-electron chi connectivity index (χ4n) is 2.00. The van der Waals surface area contributed by atoms with Crippen LogP contribution in [-0.2, 0) is 13.6 Å². The van der Waals surface area contributed by atoms with Crippen LogP contribution in [-0.4, -0.2) is 47.1 Å². The monoisotopic (exact) mass is 445 g/mol. The van der Waals surface area contributed by atoms with Crippen LogP contribution < -0.4 is 5.32 Å². The predicted molar refractivity (Wildman–Crippen MR) is 129 cm³/mol. The Labute approximate surface area is 182 Å². The molecule has 0 aromatic carbocycles. The molecule has 0 aliphatic rings. The van der Waals surface area contributed by atoms with E-state index in [1.54, 1.807) is 6.08 Å². The molecule has 29 heavy (non-hydrogen) atoms. The number of rotatable bonds is 8. The lowest BCUT2D eigenvalue weighted by atomic mass is 10.2. The molecule has 0 heterocycles. The van der Waals surface area contributed by atoms with Crippen LogP contribution in [0.15, 0.2) is 12.7 Å². The van der Waals surface area contributed by atoms with Gasteiger partial charge in [-0.05, 0) is 57.0 Å². The Balaban J connectivity index is 5.64. The summed E-state index contributed by atoms with van der Waals surface area (Å²) in [6, 6.07) is -0.370. The molecule has 0 unspecified atom stereocenters. The normalized spacial score (nSPS) is 16.2. The van der Waals surface area contributed by atoms with E-state index in [1.807, 2.05) is 20.8 Å². The van der Waals surface area contributed by atoms with Gasteiger partial charge in [0, 0.05) is 0 Å². The van der Waals surface area contributed by atoms with E-state index in [4.69, 9.17) is 13.6 Å². The standard InChI is InChI=1S/C22H47NO4Si2/c1-15-18(27-29(13,14)22(8,9)10)17(23-19(24)26-20(2,3)4)16-25-28(11,12)21(5,6)7/h15,17-18H,1,16H2,2-14H3,(H,23,24)/t17-,18+/m1/s1. The van der Waals surface area contributed by atoms with Crippen LogP contribution in [0.5, 0.6) is 0 Å². The van der Waals surface area contributed by atoms with Crippen molar-refractivity contribution in [3.05, 3.63) is 12.7 Å². The van der Waals surface area contributed by atoms with Crippen LogP contribution in [0.1, 0.15) is 62.3 Å². The van der Waals surface area contributed by atoms with Gasteiger partial charge in [-0.3, -0.25) is 0 Å². The predicted octanol–water partition coefficient (Wildman–Crippen LogP) is 6.48. The fraction of sp³-hybridized carbons (Fsp3) is 0.864. The third-order valence-electron chi connectivity index (χ3n) is 6.00. The summed E-state index contributed by atoms with van der Waals surface area (Å²) in [6.45, 7) is 31.9. The van der Waals surface area contributed by atoms with Crippen molar-refractivity contribution >= 4 is 22.7 Å². The second-order valence-corrected chi connectivity index (χ2v) is 21.5. The summed E-state index contributed by atoms with van der Waals surface area (Å²) in [6.07, 6.45) is 0.956. The minimum atomic E-state index is -2.07. The molecule has 1 N–H and O–H groups in total. The number of alkyl carbamates (subject to hydrolysis) is 1. The summed E-state index contributed by atoms with van der Waals surface area (Å²) in [5.74, 6) is 0. The van der Waals surface area contributed by atoms with Gasteiger partial charge in [0.05, 0.1) is 18.8 Å². The average molecular weight is 446 g/mol. The van der Waals surface area contributed by atoms with Crippen molar-refractivity contribution in [3.8, 4) is 0 Å². The van der Waals surface area contributed by atoms with E-state index in [0.717, 1.165) is 0 Å². The van der Waals surface area contributed by atoms with Gasteiger partial charge in [-0.2, -0.15) is 0 Å². The smallest absolute Gasteiger partial charge is 0.408 e. The van der Waals surface area contributed by atoms with Gasteiger partial charge in [0.2, 0.25) is 0 Å². The highest BCUT2D eigenvalue weighted by Gasteiger charge is 2.42. The molecule has 0 rings (SSSR count). The van der Waals surface area contributed by atoms with E-state index in [-0.39, 0.29) is 22.2 Å². The zero-order valence-corrected chi connectivity index (χ0v) is 23.3. The Hall–Kier alpha value is -0.636. The molecule has 1 amide bonds. The Bertz CT molecular complexity index is 555. The SMILES string of the molecule is C=C[C@H](O[Si](C)(C)C(C)(C)C)[C@@H](CO[Si](C)(C)C(C)(C)C)NC(=O)OC(C)(C)C. The number of amides is 1. The van der Waals surface area contributed by atoms with Crippen molar-refractivity contribution < 1.29 is 18.4 Å². The topological polar surface area (TPSA) is 56.8 Å². The molecule has 0 aromatic heterocycles. The first-order valence-corrected chi connectivity index (χ1v) is 16.4. The minimum absolute atomic E-state index is 0.0466. The van der Waals surface area contributed by atoms with Crippen LogP contribution in [0.2, 0.25) is 36.3 Å². The highest BCUT2D eigenvalue weighted by Crippen LogP contribution is 2.39. The molecule has 0 aliphatic heterocycles. The van der Waals surface area contributed by atoms with Gasteiger partial charge in [0.15, 0.2) is 16.6 Å². The van der Waals surface area contributed by atoms with Gasteiger partial charge in [-0.1, -0.05) is 47.6 Å². The molecular formula is C22H47NO4Si2. The van der Waals surface area contributed by atoms with E-state index >= 15 is 0 Å². The van der Waals surface area contributed by atoms with Crippen LogP contribution in [0.3, 0.4) is 0 Å². The molecule has 2 atom stereocenters. The number of carbonyl (C=O) groups excluding carboxylic acids is 1. The zero-order valence-electron chi connectivity index (χ0n) is 21.3. The van der Waals surface area contributed by atoms with Gasteiger partial charge < -0.3 is 18.9 Å². The van der Waals surface area contributed by atoms with Crippen LogP contribution in [0, 0.1) is 0 Å². The summed E-state index contributed by atoms with van der Waals surface area (Å²) >= 11 is 0. The third kappa shape index (κ3) is 9.36. The average Bonchev–Trinajstić information content (AvgIpc) is 2.45. The molecule has 172 valence electrons. The molecule has 0 aliphatic carbocycles. The summed E-state index contributed by atoms with van der Waals surface area (Å²) in [7, 11) is -4.06. The quantitative estimate of drug-likeness (QED) is 0.343. The van der Waals surface area contributed by atoms with Gasteiger partial charge in [-0.15, -0.1) is 6.58 Å². The van der Waals surface area contributed by atoms with Crippen molar-refractivity contribution in [2.45, 2.75) is 116 Å². The lowest BCUT2D eigenvalue weighted by molar-refractivity contribution is 0.0420. The lowest BCUT2D eigenvalue weighted by Gasteiger charge is -2.42. The molecular weight excluding hydrogens is 398 g/mol. The minimum Gasteiger partial charge on any atom is -0.444 e. The molecule has 0 radical (unpaired) electrons. The van der Waals surface area contributed by atoms with Crippen LogP contribution >= 0.6 is 0 Å². The van der Waals surface area contributed by atoms with E-state index in [9.17, 15) is 4.79 Å².